The van der Waals surface area contributed by atoms with E-state index in [0.29, 0.717) is 0 Å². The zero-order valence-electron chi connectivity index (χ0n) is 17.0. The van der Waals surface area contributed by atoms with Gasteiger partial charge in [0.05, 0.1) is 11.1 Å². The molecule has 0 heterocycles. The average molecular weight is 424 g/mol. The fourth-order valence-electron chi connectivity index (χ4n) is 3.82. The molecule has 0 amide bonds. The van der Waals surface area contributed by atoms with E-state index in [-0.39, 0.29) is 16.9 Å². The van der Waals surface area contributed by atoms with Gasteiger partial charge in [-0.3, -0.25) is 0 Å². The van der Waals surface area contributed by atoms with Crippen LogP contribution in [-0.2, 0) is 5.60 Å². The van der Waals surface area contributed by atoms with Crippen molar-refractivity contribution in [2.45, 2.75) is 5.60 Å². The summed E-state index contributed by atoms with van der Waals surface area (Å²) in [6.07, 6.45) is 0. The number of ether oxygens (including phenoxy) is 1. The highest BCUT2D eigenvalue weighted by atomic mass is 16.5. The number of rotatable bonds is 7. The molecule has 5 heteroatoms. The Morgan fingerprint density at radius 1 is 0.562 bits per heavy atom. The first kappa shape index (κ1) is 20.9. The summed E-state index contributed by atoms with van der Waals surface area (Å²) in [5.41, 5.74) is 0.807. The van der Waals surface area contributed by atoms with Crippen LogP contribution in [-0.4, -0.2) is 22.2 Å². The maximum atomic E-state index is 11.7. The van der Waals surface area contributed by atoms with Crippen LogP contribution >= 0.6 is 0 Å². The lowest BCUT2D eigenvalue weighted by Crippen LogP contribution is -2.36. The molecule has 32 heavy (non-hydrogen) atoms. The van der Waals surface area contributed by atoms with Crippen LogP contribution in [0.3, 0.4) is 0 Å². The van der Waals surface area contributed by atoms with Crippen molar-refractivity contribution in [1.82, 2.24) is 0 Å². The van der Waals surface area contributed by atoms with Gasteiger partial charge in [0.2, 0.25) is 0 Å². The van der Waals surface area contributed by atoms with Gasteiger partial charge in [0.15, 0.2) is 5.60 Å². The molecule has 0 saturated heterocycles. The molecule has 0 spiro atoms. The molecule has 0 saturated carbocycles. The zero-order valence-corrected chi connectivity index (χ0v) is 17.0. The minimum absolute atomic E-state index is 0.240. The third kappa shape index (κ3) is 3.84. The monoisotopic (exact) mass is 424 g/mol. The third-order valence-corrected chi connectivity index (χ3v) is 5.26. The number of carbonyl (C=O) groups is 2. The topological polar surface area (TPSA) is 83.8 Å². The smallest absolute Gasteiger partial charge is 0.336 e. The maximum Gasteiger partial charge on any atom is 0.336 e. The van der Waals surface area contributed by atoms with Crippen molar-refractivity contribution in [2.75, 3.05) is 0 Å². The van der Waals surface area contributed by atoms with E-state index in [0.717, 1.165) is 16.7 Å². The summed E-state index contributed by atoms with van der Waals surface area (Å²) >= 11 is 0. The van der Waals surface area contributed by atoms with Crippen LogP contribution in [0.2, 0.25) is 0 Å². The summed E-state index contributed by atoms with van der Waals surface area (Å²) in [5, 5.41) is 18.9. The molecule has 4 aromatic rings. The Hall–Kier alpha value is -4.38. The van der Waals surface area contributed by atoms with E-state index in [1.807, 2.05) is 91.0 Å². The summed E-state index contributed by atoms with van der Waals surface area (Å²) < 4.78 is 6.63. The molecule has 2 N–H and O–H groups in total. The maximum absolute atomic E-state index is 11.7. The van der Waals surface area contributed by atoms with E-state index >= 15 is 0 Å². The van der Waals surface area contributed by atoms with Crippen LogP contribution in [0.5, 0.6) is 5.75 Å². The summed E-state index contributed by atoms with van der Waals surface area (Å²) in [6, 6.07) is 32.9. The van der Waals surface area contributed by atoms with Gasteiger partial charge in [0, 0.05) is 16.7 Å². The largest absolute Gasteiger partial charge is 0.478 e. The molecule has 0 aromatic heterocycles. The van der Waals surface area contributed by atoms with Crippen molar-refractivity contribution in [3.8, 4) is 5.75 Å². The van der Waals surface area contributed by atoms with Gasteiger partial charge in [-0.2, -0.15) is 0 Å². The Morgan fingerprint density at radius 3 is 1.34 bits per heavy atom. The summed E-state index contributed by atoms with van der Waals surface area (Å²) in [5.74, 6) is -2.41. The van der Waals surface area contributed by atoms with Crippen LogP contribution in [0.15, 0.2) is 109 Å². The lowest BCUT2D eigenvalue weighted by atomic mass is 9.80. The molecule has 0 radical (unpaired) electrons. The van der Waals surface area contributed by atoms with Crippen molar-refractivity contribution in [1.29, 1.82) is 0 Å². The quantitative estimate of drug-likeness (QED) is 0.385. The van der Waals surface area contributed by atoms with Crippen LogP contribution in [0.4, 0.5) is 0 Å². The summed E-state index contributed by atoms with van der Waals surface area (Å²) in [7, 11) is 0. The van der Waals surface area contributed by atoms with Crippen molar-refractivity contribution in [2.24, 2.45) is 0 Å². The molecule has 0 bridgehead atoms. The zero-order chi connectivity index (χ0) is 22.6. The number of carboxylic acid groups (broad SMARTS) is 2. The summed E-state index contributed by atoms with van der Waals surface area (Å²) in [6.45, 7) is 0. The first-order chi connectivity index (χ1) is 15.5. The van der Waals surface area contributed by atoms with E-state index in [9.17, 15) is 19.8 Å². The number of carboxylic acids is 2. The second-order valence-corrected chi connectivity index (χ2v) is 7.20. The number of aromatic carboxylic acids is 2. The van der Waals surface area contributed by atoms with E-state index in [1.165, 1.54) is 18.2 Å². The molecule has 5 nitrogen and oxygen atoms in total. The Morgan fingerprint density at radius 2 is 0.969 bits per heavy atom. The lowest BCUT2D eigenvalue weighted by Gasteiger charge is -2.36. The molecule has 0 unspecified atom stereocenters. The van der Waals surface area contributed by atoms with Gasteiger partial charge in [-0.1, -0.05) is 91.0 Å². The predicted octanol–water partition coefficient (Wildman–Crippen LogP) is 5.45. The fraction of sp³-hybridized carbons (Fsp3) is 0.0370. The molecular formula is C27H20O5. The van der Waals surface area contributed by atoms with Gasteiger partial charge in [0.1, 0.15) is 5.75 Å². The highest BCUT2D eigenvalue weighted by Crippen LogP contribution is 2.41. The van der Waals surface area contributed by atoms with Crippen LogP contribution < -0.4 is 4.74 Å². The lowest BCUT2D eigenvalue weighted by molar-refractivity contribution is 0.0650. The van der Waals surface area contributed by atoms with Crippen LogP contribution in [0.1, 0.15) is 37.4 Å². The number of hydrogen-bond acceptors (Lipinski definition) is 3. The first-order valence-corrected chi connectivity index (χ1v) is 9.98. The SMILES string of the molecule is O=C(O)c1ccc(OC(c2ccccc2)(c2ccccc2)c2ccccc2)cc1C(=O)O. The second-order valence-electron chi connectivity index (χ2n) is 7.20. The van der Waals surface area contributed by atoms with Crippen molar-refractivity contribution >= 4 is 11.9 Å². The highest BCUT2D eigenvalue weighted by Gasteiger charge is 2.39. The van der Waals surface area contributed by atoms with Gasteiger partial charge >= 0.3 is 11.9 Å². The minimum Gasteiger partial charge on any atom is -0.478 e. The molecule has 4 aromatic carbocycles. The summed E-state index contributed by atoms with van der Waals surface area (Å²) in [4.78, 5) is 23.2. The Kier molecular flexibility index (Phi) is 5.73. The van der Waals surface area contributed by atoms with E-state index in [1.54, 1.807) is 0 Å². The molecule has 0 fully saturated rings. The number of hydrogen-bond donors (Lipinski definition) is 2. The molecule has 0 aliphatic heterocycles. The van der Waals surface area contributed by atoms with Gasteiger partial charge < -0.3 is 14.9 Å². The molecule has 158 valence electrons. The van der Waals surface area contributed by atoms with Crippen LogP contribution in [0, 0.1) is 0 Å². The van der Waals surface area contributed by atoms with Gasteiger partial charge in [-0.25, -0.2) is 9.59 Å². The van der Waals surface area contributed by atoms with Crippen molar-refractivity contribution in [3.05, 3.63) is 137 Å². The average Bonchev–Trinajstić information content (AvgIpc) is 2.84. The minimum atomic E-state index is -1.34. The predicted molar refractivity (Wildman–Crippen MR) is 120 cm³/mol. The van der Waals surface area contributed by atoms with Crippen molar-refractivity contribution < 1.29 is 24.5 Å². The van der Waals surface area contributed by atoms with Gasteiger partial charge in [0.25, 0.3) is 0 Å². The van der Waals surface area contributed by atoms with Crippen molar-refractivity contribution in [3.63, 3.8) is 0 Å². The molecular weight excluding hydrogens is 404 g/mol. The molecule has 4 rings (SSSR count). The Balaban J connectivity index is 1.98. The third-order valence-electron chi connectivity index (χ3n) is 5.26. The number of benzene rings is 4. The highest BCUT2D eigenvalue weighted by molar-refractivity contribution is 6.02. The molecule has 0 aliphatic rings. The van der Waals surface area contributed by atoms with E-state index in [4.69, 9.17) is 4.74 Å². The standard InChI is InChI=1S/C27H20O5/c28-25(29)23-17-16-22(18-24(23)26(30)31)32-27(19-10-4-1-5-11-19,20-12-6-2-7-13-20)21-14-8-3-9-15-21/h1-18H,(H,28,29)(H,30,31). The molecule has 0 atom stereocenters. The molecule has 0 aliphatic carbocycles. The fourth-order valence-corrected chi connectivity index (χ4v) is 3.82. The van der Waals surface area contributed by atoms with E-state index < -0.39 is 17.5 Å². The van der Waals surface area contributed by atoms with Gasteiger partial charge in [-0.15, -0.1) is 0 Å². The Labute approximate surface area is 185 Å². The van der Waals surface area contributed by atoms with E-state index in [2.05, 4.69) is 0 Å². The second kappa shape index (κ2) is 8.78. The van der Waals surface area contributed by atoms with Gasteiger partial charge in [-0.05, 0) is 18.2 Å². The normalized spacial score (nSPS) is 11.0. The Bertz CT molecular complexity index is 1140. The van der Waals surface area contributed by atoms with Crippen LogP contribution in [0.25, 0.3) is 0 Å². The first-order valence-electron chi connectivity index (χ1n) is 9.98.